The summed E-state index contributed by atoms with van der Waals surface area (Å²) in [5.41, 5.74) is 17.8. The monoisotopic (exact) mass is 942 g/mol. The lowest BCUT2D eigenvalue weighted by molar-refractivity contribution is 1.23. The summed E-state index contributed by atoms with van der Waals surface area (Å²) in [6.07, 6.45) is 0. The van der Waals surface area contributed by atoms with Crippen molar-refractivity contribution in [3.05, 3.63) is 303 Å². The summed E-state index contributed by atoms with van der Waals surface area (Å²) in [6.45, 7) is 0. The molecule has 0 heterocycles. The Morgan fingerprint density at radius 1 is 0.162 bits per heavy atom. The van der Waals surface area contributed by atoms with Crippen molar-refractivity contribution in [2.45, 2.75) is 0 Å². The third-order valence-electron chi connectivity index (χ3n) is 14.4. The van der Waals surface area contributed by atoms with Crippen LogP contribution in [0.3, 0.4) is 0 Å². The van der Waals surface area contributed by atoms with Crippen molar-refractivity contribution in [3.63, 3.8) is 0 Å². The van der Waals surface area contributed by atoms with Gasteiger partial charge in [-0.3, -0.25) is 0 Å². The summed E-state index contributed by atoms with van der Waals surface area (Å²) < 4.78 is 0. The van der Waals surface area contributed by atoms with Crippen molar-refractivity contribution in [1.82, 2.24) is 0 Å². The highest BCUT2D eigenvalue weighted by molar-refractivity contribution is 6.26. The minimum Gasteiger partial charge on any atom is -0.308 e. The zero-order valence-corrected chi connectivity index (χ0v) is 40.8. The van der Waals surface area contributed by atoms with E-state index in [2.05, 4.69) is 313 Å². The molecule has 348 valence electrons. The van der Waals surface area contributed by atoms with Crippen molar-refractivity contribution >= 4 is 66.4 Å². The zero-order valence-electron chi connectivity index (χ0n) is 40.8. The Kier molecular flexibility index (Phi) is 11.6. The molecule has 13 aromatic rings. The lowest BCUT2D eigenvalue weighted by Gasteiger charge is -2.35. The van der Waals surface area contributed by atoms with E-state index in [-0.39, 0.29) is 0 Å². The Balaban J connectivity index is 1.12. The van der Waals surface area contributed by atoms with Gasteiger partial charge in [-0.05, 0) is 149 Å². The molecule has 2 nitrogen and oxygen atoms in total. The van der Waals surface area contributed by atoms with Crippen molar-refractivity contribution in [3.8, 4) is 55.6 Å². The molecule has 0 aliphatic carbocycles. The maximum absolute atomic E-state index is 2.48. The SMILES string of the molecule is c1ccc(-c2ccc(N(c3ccc(-c4ccccc4)cc3)c3cc(-c4ccccc4)c(-c4ccccc4)cc3N(c3ccc(-c4ccccc4)cc3)c3ccc4c5ccccc5c5ccccc5c4c3)cc2)cc1. The minimum absolute atomic E-state index is 1.03. The van der Waals surface area contributed by atoms with E-state index in [1.54, 1.807) is 0 Å². The highest BCUT2D eigenvalue weighted by Crippen LogP contribution is 2.51. The summed E-state index contributed by atoms with van der Waals surface area (Å²) in [6, 6.07) is 111. The van der Waals surface area contributed by atoms with Gasteiger partial charge in [0.05, 0.1) is 11.4 Å². The van der Waals surface area contributed by atoms with Gasteiger partial charge in [0.1, 0.15) is 0 Å². The summed E-state index contributed by atoms with van der Waals surface area (Å²) in [5, 5.41) is 7.41. The van der Waals surface area contributed by atoms with Crippen molar-refractivity contribution in [2.24, 2.45) is 0 Å². The maximum atomic E-state index is 2.48. The smallest absolute Gasteiger partial charge is 0.0709 e. The quantitative estimate of drug-likeness (QED) is 0.119. The average molecular weight is 943 g/mol. The second-order valence-electron chi connectivity index (χ2n) is 18.8. The number of hydrogen-bond acceptors (Lipinski definition) is 2. The Morgan fingerprint density at radius 3 is 0.743 bits per heavy atom. The van der Waals surface area contributed by atoms with Gasteiger partial charge in [0.15, 0.2) is 0 Å². The van der Waals surface area contributed by atoms with Crippen molar-refractivity contribution in [1.29, 1.82) is 0 Å². The first kappa shape index (κ1) is 44.2. The number of anilines is 6. The molecule has 0 spiro atoms. The molecular weight excluding hydrogens is 893 g/mol. The van der Waals surface area contributed by atoms with E-state index in [1.165, 1.54) is 49.0 Å². The van der Waals surface area contributed by atoms with Crippen LogP contribution in [-0.4, -0.2) is 0 Å². The number of hydrogen-bond donors (Lipinski definition) is 0. The van der Waals surface area contributed by atoms with Gasteiger partial charge < -0.3 is 9.80 Å². The minimum atomic E-state index is 1.03. The van der Waals surface area contributed by atoms with Crippen molar-refractivity contribution < 1.29 is 0 Å². The van der Waals surface area contributed by atoms with Crippen LogP contribution in [0.5, 0.6) is 0 Å². The Hall–Kier alpha value is -9.76. The van der Waals surface area contributed by atoms with Crippen LogP contribution in [0, 0.1) is 0 Å². The first-order valence-corrected chi connectivity index (χ1v) is 25.4. The van der Waals surface area contributed by atoms with E-state index in [0.717, 1.165) is 73.1 Å². The van der Waals surface area contributed by atoms with Crippen LogP contribution in [0.2, 0.25) is 0 Å². The molecule has 0 atom stereocenters. The van der Waals surface area contributed by atoms with Crippen LogP contribution in [0.15, 0.2) is 303 Å². The maximum Gasteiger partial charge on any atom is 0.0709 e. The summed E-state index contributed by atoms with van der Waals surface area (Å²) in [5.74, 6) is 0. The van der Waals surface area contributed by atoms with Gasteiger partial charge in [0.2, 0.25) is 0 Å². The largest absolute Gasteiger partial charge is 0.308 e. The molecule has 0 fully saturated rings. The second kappa shape index (κ2) is 19.4. The lowest BCUT2D eigenvalue weighted by Crippen LogP contribution is -2.17. The Morgan fingerprint density at radius 2 is 0.405 bits per heavy atom. The molecule has 0 unspecified atom stereocenters. The first-order valence-electron chi connectivity index (χ1n) is 25.4. The first-order chi connectivity index (χ1) is 36.7. The fraction of sp³-hybridized carbons (Fsp3) is 0. The van der Waals surface area contributed by atoms with Crippen LogP contribution in [0.25, 0.3) is 88.0 Å². The molecule has 0 aliphatic heterocycles. The predicted molar refractivity (Wildman–Crippen MR) is 316 cm³/mol. The van der Waals surface area contributed by atoms with E-state index in [4.69, 9.17) is 0 Å². The highest BCUT2D eigenvalue weighted by atomic mass is 15.2. The molecule has 13 aromatic carbocycles. The molecule has 13 rings (SSSR count). The van der Waals surface area contributed by atoms with Crippen molar-refractivity contribution in [2.75, 3.05) is 9.80 Å². The average Bonchev–Trinajstić information content (AvgIpc) is 3.49. The fourth-order valence-corrected chi connectivity index (χ4v) is 10.8. The van der Waals surface area contributed by atoms with Gasteiger partial charge in [0, 0.05) is 22.7 Å². The van der Waals surface area contributed by atoms with Crippen LogP contribution in [0.1, 0.15) is 0 Å². The molecule has 0 aromatic heterocycles. The van der Waals surface area contributed by atoms with E-state index in [0.29, 0.717) is 0 Å². The van der Waals surface area contributed by atoms with E-state index < -0.39 is 0 Å². The molecule has 0 N–H and O–H groups in total. The molecule has 0 saturated carbocycles. The molecule has 0 aliphatic rings. The van der Waals surface area contributed by atoms with Gasteiger partial charge >= 0.3 is 0 Å². The van der Waals surface area contributed by atoms with Gasteiger partial charge in [-0.25, -0.2) is 0 Å². The molecule has 0 saturated heterocycles. The number of fused-ring (bicyclic) bond motifs is 6. The van der Waals surface area contributed by atoms with E-state index >= 15 is 0 Å². The van der Waals surface area contributed by atoms with Crippen LogP contribution in [0.4, 0.5) is 34.1 Å². The third kappa shape index (κ3) is 8.35. The zero-order chi connectivity index (χ0) is 49.2. The number of rotatable bonds is 11. The third-order valence-corrected chi connectivity index (χ3v) is 14.4. The molecule has 0 amide bonds. The van der Waals surface area contributed by atoms with E-state index in [9.17, 15) is 0 Å². The lowest BCUT2D eigenvalue weighted by atomic mass is 9.91. The normalized spacial score (nSPS) is 11.2. The predicted octanol–water partition coefficient (Wildman–Crippen LogP) is 20.4. The summed E-state index contributed by atoms with van der Waals surface area (Å²) in [7, 11) is 0. The topological polar surface area (TPSA) is 6.48 Å². The summed E-state index contributed by atoms with van der Waals surface area (Å²) in [4.78, 5) is 4.94. The highest BCUT2D eigenvalue weighted by Gasteiger charge is 2.27. The molecular formula is C72H50N2. The van der Waals surface area contributed by atoms with Crippen LogP contribution >= 0.6 is 0 Å². The van der Waals surface area contributed by atoms with Crippen LogP contribution < -0.4 is 9.80 Å². The molecule has 2 heteroatoms. The van der Waals surface area contributed by atoms with Gasteiger partial charge in [-0.1, -0.05) is 243 Å². The number of nitrogens with zero attached hydrogens (tertiary/aromatic N) is 2. The molecule has 0 radical (unpaired) electrons. The fourth-order valence-electron chi connectivity index (χ4n) is 10.8. The number of benzene rings is 13. The second-order valence-corrected chi connectivity index (χ2v) is 18.8. The van der Waals surface area contributed by atoms with E-state index in [1.807, 2.05) is 0 Å². The van der Waals surface area contributed by atoms with Gasteiger partial charge in [-0.2, -0.15) is 0 Å². The van der Waals surface area contributed by atoms with Gasteiger partial charge in [0.25, 0.3) is 0 Å². The standard InChI is InChI=1S/C72H50N2/c1-6-20-51(21-7-1)54-34-40-59(41-35-54)73(60-42-36-55(37-43-60)52-22-8-2-9-23-52)71-49-68(57-26-12-4-13-27-57)69(58-28-14-5-15-29-58)50-72(71)74(61-44-38-56(39-45-61)53-24-10-3-11-25-53)62-46-47-67-65-32-17-16-30-63(65)64-31-18-19-33-66(64)70(67)48-62/h1-50H. The van der Waals surface area contributed by atoms with Gasteiger partial charge in [-0.15, -0.1) is 0 Å². The molecule has 74 heavy (non-hydrogen) atoms. The Labute approximate surface area is 433 Å². The summed E-state index contributed by atoms with van der Waals surface area (Å²) >= 11 is 0. The Bertz CT molecular complexity index is 3950. The van der Waals surface area contributed by atoms with Crippen LogP contribution in [-0.2, 0) is 0 Å². The molecule has 0 bridgehead atoms.